The number of aromatic nitrogens is 3. The van der Waals surface area contributed by atoms with E-state index in [0.717, 1.165) is 36.2 Å². The molecule has 0 amide bonds. The van der Waals surface area contributed by atoms with E-state index in [-0.39, 0.29) is 6.04 Å². The third-order valence-electron chi connectivity index (χ3n) is 5.84. The normalized spacial score (nSPS) is 12.4. The van der Waals surface area contributed by atoms with Gasteiger partial charge in [0.05, 0.1) is 24.4 Å². The van der Waals surface area contributed by atoms with E-state index >= 15 is 0 Å². The van der Waals surface area contributed by atoms with E-state index in [4.69, 9.17) is 9.72 Å². The van der Waals surface area contributed by atoms with Crippen molar-refractivity contribution in [1.29, 1.82) is 0 Å². The Hall–Kier alpha value is -3.07. The Labute approximate surface area is 218 Å². The van der Waals surface area contributed by atoms with Crippen molar-refractivity contribution in [2.24, 2.45) is 0 Å². The molecule has 3 aromatic heterocycles. The molecule has 0 aliphatic carbocycles. The summed E-state index contributed by atoms with van der Waals surface area (Å²) in [6.45, 7) is 6.59. The Bertz CT molecular complexity index is 1300. The molecule has 36 heavy (non-hydrogen) atoms. The smallest absolute Gasteiger partial charge is 0.214 e. The first-order valence-corrected chi connectivity index (χ1v) is 13.1. The Morgan fingerprint density at radius 3 is 2.61 bits per heavy atom. The van der Waals surface area contributed by atoms with E-state index in [1.165, 1.54) is 20.9 Å². The zero-order valence-electron chi connectivity index (χ0n) is 22.1. The molecule has 0 aliphatic rings. The molecule has 0 radical (unpaired) electrons. The fraction of sp³-hybridized carbons (Fsp3) is 0.393. The highest BCUT2D eigenvalue weighted by Gasteiger charge is 2.15. The van der Waals surface area contributed by atoms with Crippen LogP contribution in [0.15, 0.2) is 48.7 Å². The van der Waals surface area contributed by atoms with E-state index in [2.05, 4.69) is 96.6 Å². The largest absolute Gasteiger partial charge is 0.478 e. The summed E-state index contributed by atoms with van der Waals surface area (Å²) in [5, 5.41) is 4.54. The van der Waals surface area contributed by atoms with Crippen LogP contribution in [0.2, 0.25) is 0 Å². The van der Waals surface area contributed by atoms with Gasteiger partial charge < -0.3 is 19.9 Å². The summed E-state index contributed by atoms with van der Waals surface area (Å²) in [6, 6.07) is 15.1. The van der Waals surface area contributed by atoms with Crippen molar-refractivity contribution in [3.8, 4) is 16.3 Å². The summed E-state index contributed by atoms with van der Waals surface area (Å²) in [6.07, 6.45) is 2.71. The summed E-state index contributed by atoms with van der Waals surface area (Å²) in [5.74, 6) is 2.11. The van der Waals surface area contributed by atoms with E-state index < -0.39 is 0 Å². The van der Waals surface area contributed by atoms with Crippen LogP contribution in [0, 0.1) is 6.92 Å². The minimum Gasteiger partial charge on any atom is -0.478 e. The molecule has 7 nitrogen and oxygen atoms in total. The third-order valence-corrected chi connectivity index (χ3v) is 7.15. The molecule has 0 fully saturated rings. The Balaban J connectivity index is 1.54. The number of nitrogens with zero attached hydrogens (tertiary/aromatic N) is 5. The number of hydrogen-bond donors (Lipinski definition) is 1. The molecule has 0 spiro atoms. The van der Waals surface area contributed by atoms with Crippen LogP contribution in [0.1, 0.15) is 35.7 Å². The van der Waals surface area contributed by atoms with Gasteiger partial charge in [-0.2, -0.15) is 0 Å². The maximum absolute atomic E-state index is 5.91. The number of hydrogen-bond acceptors (Lipinski definition) is 8. The summed E-state index contributed by atoms with van der Waals surface area (Å²) in [4.78, 5) is 20.6. The molecule has 8 heteroatoms. The van der Waals surface area contributed by atoms with Crippen molar-refractivity contribution >= 4 is 28.1 Å². The van der Waals surface area contributed by atoms with Gasteiger partial charge in [0.2, 0.25) is 5.88 Å². The minimum atomic E-state index is 0.0832. The zero-order valence-corrected chi connectivity index (χ0v) is 22.9. The minimum absolute atomic E-state index is 0.0832. The van der Waals surface area contributed by atoms with Crippen LogP contribution in [-0.2, 0) is 6.54 Å². The van der Waals surface area contributed by atoms with Crippen molar-refractivity contribution in [2.75, 3.05) is 46.7 Å². The number of nitrogens with one attached hydrogen (secondary N) is 1. The van der Waals surface area contributed by atoms with E-state index in [9.17, 15) is 0 Å². The van der Waals surface area contributed by atoms with Gasteiger partial charge >= 0.3 is 0 Å². The number of rotatable bonds is 11. The van der Waals surface area contributed by atoms with Crippen molar-refractivity contribution in [1.82, 2.24) is 24.8 Å². The Morgan fingerprint density at radius 2 is 1.83 bits per heavy atom. The third kappa shape index (κ3) is 6.57. The van der Waals surface area contributed by atoms with E-state index in [1.54, 1.807) is 6.20 Å². The van der Waals surface area contributed by atoms with Gasteiger partial charge in [-0.05, 0) is 71.7 Å². The fourth-order valence-electron chi connectivity index (χ4n) is 4.12. The molecule has 0 aliphatic heterocycles. The van der Waals surface area contributed by atoms with Gasteiger partial charge in [0.1, 0.15) is 11.6 Å². The lowest BCUT2D eigenvalue weighted by Gasteiger charge is -2.16. The van der Waals surface area contributed by atoms with Crippen molar-refractivity contribution in [3.63, 3.8) is 0 Å². The molecule has 0 saturated carbocycles. The van der Waals surface area contributed by atoms with Crippen molar-refractivity contribution < 1.29 is 4.74 Å². The first kappa shape index (κ1) is 26.0. The average molecular weight is 505 g/mol. The zero-order chi connectivity index (χ0) is 25.7. The fourth-order valence-corrected chi connectivity index (χ4v) is 5.19. The second-order valence-electron chi connectivity index (χ2n) is 9.63. The molecule has 4 aromatic rings. The predicted octanol–water partition coefficient (Wildman–Crippen LogP) is 5.63. The van der Waals surface area contributed by atoms with Crippen LogP contribution < -0.4 is 10.1 Å². The van der Waals surface area contributed by atoms with Crippen LogP contribution in [-0.4, -0.2) is 66.1 Å². The standard InChI is InChI=1S/C28H36N6OS/c1-19(25-12-13-26(36-25)22-11-8-7-10-21(22)18-34(5)6)30-28-23-16-27(35-15-9-14-33(3)4)29-17-24(23)31-20(2)32-28/h7-8,10-13,16-17,19H,9,14-15,18H2,1-6H3,(H,30,31,32). The van der Waals surface area contributed by atoms with E-state index in [0.29, 0.717) is 18.3 Å². The van der Waals surface area contributed by atoms with Gasteiger partial charge in [-0.1, -0.05) is 24.3 Å². The summed E-state index contributed by atoms with van der Waals surface area (Å²) in [5.41, 5.74) is 3.43. The monoisotopic (exact) mass is 504 g/mol. The molecule has 4 rings (SSSR count). The predicted molar refractivity (Wildman–Crippen MR) is 150 cm³/mol. The van der Waals surface area contributed by atoms with Crippen molar-refractivity contribution in [3.05, 3.63) is 64.9 Å². The van der Waals surface area contributed by atoms with Crippen LogP contribution in [0.4, 0.5) is 5.82 Å². The lowest BCUT2D eigenvalue weighted by atomic mass is 10.1. The molecule has 1 N–H and O–H groups in total. The summed E-state index contributed by atoms with van der Waals surface area (Å²) >= 11 is 1.82. The number of anilines is 1. The molecular formula is C28H36N6OS. The molecule has 1 unspecified atom stereocenters. The number of fused-ring (bicyclic) bond motifs is 1. The topological polar surface area (TPSA) is 66.4 Å². The quantitative estimate of drug-likeness (QED) is 0.266. The second-order valence-corrected chi connectivity index (χ2v) is 10.7. The van der Waals surface area contributed by atoms with E-state index in [1.807, 2.05) is 24.3 Å². The first-order valence-electron chi connectivity index (χ1n) is 12.3. The number of thiophene rings is 1. The highest BCUT2D eigenvalue weighted by atomic mass is 32.1. The second kappa shape index (κ2) is 11.8. The molecule has 1 atom stereocenters. The van der Waals surface area contributed by atoms with Crippen LogP contribution in [0.5, 0.6) is 5.88 Å². The number of benzene rings is 1. The number of aryl methyl sites for hydroxylation is 1. The Kier molecular flexibility index (Phi) is 8.51. The van der Waals surface area contributed by atoms with Crippen LogP contribution >= 0.6 is 11.3 Å². The lowest BCUT2D eigenvalue weighted by Crippen LogP contribution is -2.15. The average Bonchev–Trinajstić information content (AvgIpc) is 3.32. The van der Waals surface area contributed by atoms with Gasteiger partial charge in [0.25, 0.3) is 0 Å². The van der Waals surface area contributed by atoms with Gasteiger partial charge in [-0.15, -0.1) is 11.3 Å². The SMILES string of the molecule is Cc1nc(NC(C)c2ccc(-c3ccccc3CN(C)C)s2)c2cc(OCCCN(C)C)ncc2n1. The lowest BCUT2D eigenvalue weighted by molar-refractivity contribution is 0.273. The number of ether oxygens (including phenoxy) is 1. The van der Waals surface area contributed by atoms with Crippen LogP contribution in [0.3, 0.4) is 0 Å². The molecule has 0 saturated heterocycles. The summed E-state index contributed by atoms with van der Waals surface area (Å²) < 4.78 is 5.91. The molecule has 1 aromatic carbocycles. The van der Waals surface area contributed by atoms with Gasteiger partial charge in [-0.25, -0.2) is 15.0 Å². The molecular weight excluding hydrogens is 468 g/mol. The highest BCUT2D eigenvalue weighted by Crippen LogP contribution is 2.35. The maximum atomic E-state index is 5.91. The molecule has 190 valence electrons. The van der Waals surface area contributed by atoms with Gasteiger partial charge in [0.15, 0.2) is 0 Å². The number of pyridine rings is 1. The molecule has 0 bridgehead atoms. The molecule has 3 heterocycles. The highest BCUT2D eigenvalue weighted by molar-refractivity contribution is 7.15. The van der Waals surface area contributed by atoms with Gasteiger partial charge in [-0.3, -0.25) is 0 Å². The maximum Gasteiger partial charge on any atom is 0.214 e. The van der Waals surface area contributed by atoms with Gasteiger partial charge in [0, 0.05) is 34.3 Å². The van der Waals surface area contributed by atoms with Crippen molar-refractivity contribution in [2.45, 2.75) is 32.9 Å². The summed E-state index contributed by atoms with van der Waals surface area (Å²) in [7, 11) is 8.33. The first-order chi connectivity index (χ1) is 17.3. The van der Waals surface area contributed by atoms with Crippen LogP contribution in [0.25, 0.3) is 21.3 Å². The Morgan fingerprint density at radius 1 is 1.03 bits per heavy atom.